The molecule has 15 heavy (non-hydrogen) atoms. The van der Waals surface area contributed by atoms with Crippen molar-refractivity contribution in [2.45, 2.75) is 0 Å². The van der Waals surface area contributed by atoms with Gasteiger partial charge in [0.15, 0.2) is 0 Å². The molecule has 0 spiro atoms. The van der Waals surface area contributed by atoms with Gasteiger partial charge < -0.3 is 9.84 Å². The maximum absolute atomic E-state index is 11.0. The summed E-state index contributed by atoms with van der Waals surface area (Å²) in [7, 11) is 0. The number of hydrogen-bond acceptors (Lipinski definition) is 4. The van der Waals surface area contributed by atoms with E-state index in [0.717, 1.165) is 0 Å². The number of nitrogens with zero attached hydrogens (tertiary/aromatic N) is 1. The number of ether oxygens (including phenoxy) is 1. The van der Waals surface area contributed by atoms with E-state index < -0.39 is 6.09 Å². The lowest BCUT2D eigenvalue weighted by molar-refractivity contribution is 0.131. The van der Waals surface area contributed by atoms with Gasteiger partial charge in [0.2, 0.25) is 0 Å². The maximum atomic E-state index is 11.0. The third-order valence-corrected chi connectivity index (χ3v) is 1.58. The van der Waals surface area contributed by atoms with E-state index in [-0.39, 0.29) is 13.2 Å². The molecular formula is C10H10N2O3. The molecule has 0 aromatic heterocycles. The lowest BCUT2D eigenvalue weighted by Gasteiger charge is -2.05. The van der Waals surface area contributed by atoms with Gasteiger partial charge in [-0.05, 0) is 24.3 Å². The van der Waals surface area contributed by atoms with Gasteiger partial charge in [0.1, 0.15) is 6.61 Å². The number of amides is 1. The second kappa shape index (κ2) is 5.62. The highest BCUT2D eigenvalue weighted by atomic mass is 16.6. The molecule has 0 unspecified atom stereocenters. The number of benzene rings is 1. The van der Waals surface area contributed by atoms with E-state index in [0.29, 0.717) is 11.3 Å². The summed E-state index contributed by atoms with van der Waals surface area (Å²) in [4.78, 5) is 11.0. The molecule has 0 radical (unpaired) electrons. The van der Waals surface area contributed by atoms with Crippen molar-refractivity contribution < 1.29 is 14.6 Å². The third-order valence-electron chi connectivity index (χ3n) is 1.58. The van der Waals surface area contributed by atoms with Gasteiger partial charge in [0, 0.05) is 5.69 Å². The van der Waals surface area contributed by atoms with Crippen LogP contribution in [0.25, 0.3) is 0 Å². The second-order valence-electron chi connectivity index (χ2n) is 2.67. The molecule has 1 amide bonds. The van der Waals surface area contributed by atoms with E-state index in [9.17, 15) is 4.79 Å². The summed E-state index contributed by atoms with van der Waals surface area (Å²) >= 11 is 0. The van der Waals surface area contributed by atoms with E-state index in [2.05, 4.69) is 10.1 Å². The number of aliphatic hydroxyl groups is 1. The van der Waals surface area contributed by atoms with Gasteiger partial charge in [-0.25, -0.2) is 4.79 Å². The second-order valence-corrected chi connectivity index (χ2v) is 2.67. The molecule has 0 saturated carbocycles. The molecule has 0 aliphatic carbocycles. The van der Waals surface area contributed by atoms with Crippen LogP contribution in [-0.2, 0) is 4.74 Å². The van der Waals surface area contributed by atoms with Crippen LogP contribution < -0.4 is 5.32 Å². The zero-order valence-corrected chi connectivity index (χ0v) is 7.93. The fraction of sp³-hybridized carbons (Fsp3) is 0.200. The Labute approximate surface area is 86.9 Å². The SMILES string of the molecule is N#Cc1ccc(NC(=O)OCCO)cc1. The minimum absolute atomic E-state index is 0.0396. The molecule has 0 aliphatic heterocycles. The Morgan fingerprint density at radius 1 is 1.47 bits per heavy atom. The van der Waals surface area contributed by atoms with E-state index in [1.54, 1.807) is 24.3 Å². The summed E-state index contributed by atoms with van der Waals surface area (Å²) < 4.78 is 4.59. The van der Waals surface area contributed by atoms with Gasteiger partial charge in [-0.1, -0.05) is 0 Å². The molecule has 0 aliphatic rings. The molecule has 0 fully saturated rings. The number of hydrogen-bond donors (Lipinski definition) is 2. The number of nitrogens with one attached hydrogen (secondary N) is 1. The van der Waals surface area contributed by atoms with Gasteiger partial charge in [-0.3, -0.25) is 5.32 Å². The minimum atomic E-state index is -0.631. The highest BCUT2D eigenvalue weighted by molar-refractivity contribution is 5.84. The van der Waals surface area contributed by atoms with Crippen LogP contribution in [0.3, 0.4) is 0 Å². The summed E-state index contributed by atoms with van der Waals surface area (Å²) in [6.07, 6.45) is -0.631. The van der Waals surface area contributed by atoms with Gasteiger partial charge >= 0.3 is 6.09 Å². The van der Waals surface area contributed by atoms with Crippen molar-refractivity contribution >= 4 is 11.8 Å². The first-order valence-electron chi connectivity index (χ1n) is 4.31. The first-order chi connectivity index (χ1) is 7.26. The molecule has 0 saturated heterocycles. The molecule has 2 N–H and O–H groups in total. The van der Waals surface area contributed by atoms with Crippen molar-refractivity contribution in [1.29, 1.82) is 5.26 Å². The number of carbonyl (C=O) groups is 1. The average Bonchev–Trinajstić information content (AvgIpc) is 2.27. The summed E-state index contributed by atoms with van der Waals surface area (Å²) in [5.74, 6) is 0. The van der Waals surface area contributed by atoms with Gasteiger partial charge in [-0.15, -0.1) is 0 Å². The zero-order chi connectivity index (χ0) is 11.1. The fourth-order valence-electron chi connectivity index (χ4n) is 0.920. The molecule has 5 heteroatoms. The summed E-state index contributed by atoms with van der Waals surface area (Å²) in [6, 6.07) is 8.33. The summed E-state index contributed by atoms with van der Waals surface area (Å²) in [5, 5.41) is 19.4. The Kier molecular flexibility index (Phi) is 4.13. The molecule has 1 aromatic rings. The standard InChI is InChI=1S/C10H10N2O3/c11-7-8-1-3-9(4-2-8)12-10(14)15-6-5-13/h1-4,13H,5-6H2,(H,12,14). The first kappa shape index (κ1) is 11.0. The number of nitriles is 1. The van der Waals surface area contributed by atoms with Crippen molar-refractivity contribution in [2.24, 2.45) is 0 Å². The molecular weight excluding hydrogens is 196 g/mol. The van der Waals surface area contributed by atoms with Crippen LogP contribution in [0.5, 0.6) is 0 Å². The van der Waals surface area contributed by atoms with Crippen molar-refractivity contribution in [3.63, 3.8) is 0 Å². The predicted octanol–water partition coefficient (Wildman–Crippen LogP) is 1.10. The topological polar surface area (TPSA) is 82.4 Å². The number of rotatable bonds is 3. The first-order valence-corrected chi connectivity index (χ1v) is 4.31. The maximum Gasteiger partial charge on any atom is 0.411 e. The molecule has 0 atom stereocenters. The van der Waals surface area contributed by atoms with E-state index >= 15 is 0 Å². The highest BCUT2D eigenvalue weighted by Gasteiger charge is 2.01. The van der Waals surface area contributed by atoms with Crippen LogP contribution in [0.4, 0.5) is 10.5 Å². The number of anilines is 1. The van der Waals surface area contributed by atoms with Crippen LogP contribution >= 0.6 is 0 Å². The van der Waals surface area contributed by atoms with Crippen molar-refractivity contribution in [3.05, 3.63) is 29.8 Å². The molecule has 0 heterocycles. The summed E-state index contributed by atoms with van der Waals surface area (Å²) in [5.41, 5.74) is 1.06. The lowest BCUT2D eigenvalue weighted by atomic mass is 10.2. The Bertz CT molecular complexity index is 367. The molecule has 5 nitrogen and oxygen atoms in total. The Hall–Kier alpha value is -2.06. The van der Waals surface area contributed by atoms with Crippen LogP contribution in [0, 0.1) is 11.3 Å². The smallest absolute Gasteiger partial charge is 0.411 e. The highest BCUT2D eigenvalue weighted by Crippen LogP contribution is 2.08. The largest absolute Gasteiger partial charge is 0.447 e. The van der Waals surface area contributed by atoms with Gasteiger partial charge in [0.25, 0.3) is 0 Å². The van der Waals surface area contributed by atoms with Gasteiger partial charge in [0.05, 0.1) is 18.2 Å². The molecule has 1 aromatic carbocycles. The number of carbonyl (C=O) groups excluding carboxylic acids is 1. The lowest BCUT2D eigenvalue weighted by Crippen LogP contribution is -2.15. The van der Waals surface area contributed by atoms with E-state index in [4.69, 9.17) is 10.4 Å². The quantitative estimate of drug-likeness (QED) is 0.775. The van der Waals surface area contributed by atoms with Crippen LogP contribution in [0.2, 0.25) is 0 Å². The van der Waals surface area contributed by atoms with Crippen LogP contribution in [0.15, 0.2) is 24.3 Å². The van der Waals surface area contributed by atoms with Crippen LogP contribution in [0.1, 0.15) is 5.56 Å². The Balaban J connectivity index is 2.50. The van der Waals surface area contributed by atoms with Crippen molar-refractivity contribution in [2.75, 3.05) is 18.5 Å². The monoisotopic (exact) mass is 206 g/mol. The predicted molar refractivity (Wildman–Crippen MR) is 53.2 cm³/mol. The van der Waals surface area contributed by atoms with E-state index in [1.165, 1.54) is 0 Å². The van der Waals surface area contributed by atoms with Crippen molar-refractivity contribution in [3.8, 4) is 6.07 Å². The number of aliphatic hydroxyl groups excluding tert-OH is 1. The van der Waals surface area contributed by atoms with Gasteiger partial charge in [-0.2, -0.15) is 5.26 Å². The Morgan fingerprint density at radius 2 is 2.13 bits per heavy atom. The Morgan fingerprint density at radius 3 is 2.67 bits per heavy atom. The van der Waals surface area contributed by atoms with Crippen LogP contribution in [-0.4, -0.2) is 24.4 Å². The molecule has 78 valence electrons. The summed E-state index contributed by atoms with van der Waals surface area (Å²) in [6.45, 7) is -0.247. The molecule has 1 rings (SSSR count). The normalized spacial score (nSPS) is 9.07. The zero-order valence-electron chi connectivity index (χ0n) is 7.93. The molecule has 0 bridgehead atoms. The fourth-order valence-corrected chi connectivity index (χ4v) is 0.920. The third kappa shape index (κ3) is 3.67. The van der Waals surface area contributed by atoms with Crippen molar-refractivity contribution in [1.82, 2.24) is 0 Å². The van der Waals surface area contributed by atoms with E-state index in [1.807, 2.05) is 6.07 Å². The average molecular weight is 206 g/mol. The minimum Gasteiger partial charge on any atom is -0.447 e.